The highest BCUT2D eigenvalue weighted by atomic mass is 32.1. The lowest BCUT2D eigenvalue weighted by Gasteiger charge is -2.03. The molecular formula is C12H14N6S. The van der Waals surface area contributed by atoms with Gasteiger partial charge in [0, 0.05) is 18.0 Å². The van der Waals surface area contributed by atoms with Crippen LogP contribution in [0.4, 0.5) is 5.82 Å². The Labute approximate surface area is 115 Å². The zero-order valence-electron chi connectivity index (χ0n) is 10.3. The number of nitrogens with one attached hydrogen (secondary N) is 2. The summed E-state index contributed by atoms with van der Waals surface area (Å²) in [6.07, 6.45) is 3.19. The minimum Gasteiger partial charge on any atom is -0.405 e. The van der Waals surface area contributed by atoms with Gasteiger partial charge in [0.2, 0.25) is 0 Å². The quantitative estimate of drug-likeness (QED) is 0.495. The number of hydrogen-bond donors (Lipinski definition) is 4. The molecule has 0 spiro atoms. The fraction of sp³-hybridized carbons (Fsp3) is 0.0833. The van der Waals surface area contributed by atoms with E-state index in [2.05, 4.69) is 20.5 Å². The highest BCUT2D eigenvalue weighted by molar-refractivity contribution is 7.80. The van der Waals surface area contributed by atoms with Gasteiger partial charge in [0.25, 0.3) is 0 Å². The normalized spacial score (nSPS) is 12.2. The molecule has 0 atom stereocenters. The molecular weight excluding hydrogens is 260 g/mol. The van der Waals surface area contributed by atoms with E-state index < -0.39 is 0 Å². The number of thiocarbonyl (C=S) groups is 1. The molecule has 0 bridgehead atoms. The summed E-state index contributed by atoms with van der Waals surface area (Å²) >= 11 is 4.82. The van der Waals surface area contributed by atoms with Crippen LogP contribution in [0.5, 0.6) is 0 Å². The van der Waals surface area contributed by atoms with Crippen LogP contribution in [-0.4, -0.2) is 28.1 Å². The van der Waals surface area contributed by atoms with Gasteiger partial charge in [0.05, 0.1) is 11.2 Å². The van der Waals surface area contributed by atoms with Crippen LogP contribution in [0.3, 0.4) is 0 Å². The second-order valence-corrected chi connectivity index (χ2v) is 4.23. The molecule has 2 rings (SSSR count). The molecule has 6 N–H and O–H groups in total. The summed E-state index contributed by atoms with van der Waals surface area (Å²) in [5.41, 5.74) is 13.5. The number of aliphatic imine (C=N–C) groups is 1. The van der Waals surface area contributed by atoms with Crippen molar-refractivity contribution in [1.82, 2.24) is 10.2 Å². The van der Waals surface area contributed by atoms with E-state index in [9.17, 15) is 0 Å². The predicted octanol–water partition coefficient (Wildman–Crippen LogP) is 1.11. The number of hydrogen-bond acceptors (Lipinski definition) is 4. The molecule has 0 amide bonds. The molecule has 0 aliphatic carbocycles. The van der Waals surface area contributed by atoms with E-state index in [4.69, 9.17) is 23.7 Å². The Morgan fingerprint density at radius 2 is 2.32 bits per heavy atom. The van der Waals surface area contributed by atoms with Crippen LogP contribution < -0.4 is 16.8 Å². The highest BCUT2D eigenvalue weighted by Crippen LogP contribution is 2.22. The number of aromatic amines is 1. The summed E-state index contributed by atoms with van der Waals surface area (Å²) in [5.74, 6) is 0.594. The number of aromatic nitrogens is 2. The maximum absolute atomic E-state index is 5.46. The van der Waals surface area contributed by atoms with Gasteiger partial charge in [-0.3, -0.25) is 10.1 Å². The Morgan fingerprint density at radius 3 is 2.95 bits per heavy atom. The summed E-state index contributed by atoms with van der Waals surface area (Å²) in [4.78, 5) is 4.18. The van der Waals surface area contributed by atoms with Crippen molar-refractivity contribution in [3.8, 4) is 0 Å². The molecule has 0 saturated heterocycles. The zero-order chi connectivity index (χ0) is 13.8. The second kappa shape index (κ2) is 5.49. The smallest absolute Gasteiger partial charge is 0.169 e. The van der Waals surface area contributed by atoms with Gasteiger partial charge < -0.3 is 16.8 Å². The number of anilines is 1. The Morgan fingerprint density at radius 1 is 1.53 bits per heavy atom. The molecule has 0 unspecified atom stereocenters. The van der Waals surface area contributed by atoms with Crippen LogP contribution >= 0.6 is 12.2 Å². The third-order valence-electron chi connectivity index (χ3n) is 2.60. The van der Waals surface area contributed by atoms with E-state index in [0.29, 0.717) is 5.82 Å². The van der Waals surface area contributed by atoms with Crippen molar-refractivity contribution in [3.05, 3.63) is 36.0 Å². The van der Waals surface area contributed by atoms with Crippen molar-refractivity contribution in [1.29, 1.82) is 0 Å². The van der Waals surface area contributed by atoms with E-state index in [-0.39, 0.29) is 5.11 Å². The molecule has 0 fully saturated rings. The van der Waals surface area contributed by atoms with E-state index in [1.807, 2.05) is 18.2 Å². The molecule has 19 heavy (non-hydrogen) atoms. The maximum Gasteiger partial charge on any atom is 0.169 e. The van der Waals surface area contributed by atoms with E-state index in [1.54, 1.807) is 13.1 Å². The Balaban J connectivity index is 2.51. The van der Waals surface area contributed by atoms with Crippen LogP contribution in [0, 0.1) is 0 Å². The van der Waals surface area contributed by atoms with Crippen molar-refractivity contribution in [2.24, 2.45) is 16.5 Å². The average Bonchev–Trinajstić information content (AvgIpc) is 2.78. The lowest BCUT2D eigenvalue weighted by atomic mass is 10.1. The minimum absolute atomic E-state index is 0.171. The first-order valence-electron chi connectivity index (χ1n) is 5.55. The van der Waals surface area contributed by atoms with Crippen LogP contribution in [0.25, 0.3) is 10.9 Å². The molecule has 1 aromatic carbocycles. The number of allylic oxidation sites excluding steroid dienone is 1. The maximum atomic E-state index is 5.46. The van der Waals surface area contributed by atoms with Gasteiger partial charge >= 0.3 is 0 Å². The zero-order valence-corrected chi connectivity index (χ0v) is 11.2. The molecule has 0 saturated carbocycles. The minimum atomic E-state index is 0.171. The summed E-state index contributed by atoms with van der Waals surface area (Å²) in [6.45, 7) is 0. The molecule has 0 radical (unpaired) electrons. The van der Waals surface area contributed by atoms with E-state index in [1.165, 1.54) is 6.20 Å². The van der Waals surface area contributed by atoms with E-state index in [0.717, 1.165) is 22.2 Å². The van der Waals surface area contributed by atoms with Crippen molar-refractivity contribution in [2.45, 2.75) is 0 Å². The van der Waals surface area contributed by atoms with Crippen LogP contribution in [0.1, 0.15) is 5.56 Å². The van der Waals surface area contributed by atoms with Crippen LogP contribution in [-0.2, 0) is 0 Å². The number of nitrogens with zero attached hydrogens (tertiary/aromatic N) is 2. The first kappa shape index (κ1) is 13.0. The molecule has 7 heteroatoms. The number of rotatable bonds is 3. The fourth-order valence-electron chi connectivity index (χ4n) is 1.78. The van der Waals surface area contributed by atoms with Crippen LogP contribution in [0.2, 0.25) is 0 Å². The van der Waals surface area contributed by atoms with Gasteiger partial charge in [0.1, 0.15) is 0 Å². The first-order valence-corrected chi connectivity index (χ1v) is 5.96. The third-order valence-corrected chi connectivity index (χ3v) is 2.70. The van der Waals surface area contributed by atoms with Gasteiger partial charge in [-0.05, 0) is 36.6 Å². The van der Waals surface area contributed by atoms with Crippen molar-refractivity contribution in [3.63, 3.8) is 0 Å². The molecule has 1 heterocycles. The number of H-pyrrole nitrogens is 1. The number of fused-ring (bicyclic) bond motifs is 1. The fourth-order valence-corrected chi connectivity index (χ4v) is 1.87. The SMILES string of the molecule is CN=C(C=CN)c1ccc2[nH]nc(NC(N)=S)c2c1. The molecule has 2 aromatic rings. The first-order chi connectivity index (χ1) is 9.15. The standard InChI is InChI=1S/C12H14N6S/c1-15-9(4-5-13)7-2-3-10-8(6-7)11(18-17-10)16-12(14)19/h2-6H,13H2,1H3,(H4,14,16,17,18,19). The largest absolute Gasteiger partial charge is 0.405 e. The molecule has 98 valence electrons. The lowest BCUT2D eigenvalue weighted by Crippen LogP contribution is -2.19. The van der Waals surface area contributed by atoms with Gasteiger partial charge in [-0.2, -0.15) is 5.10 Å². The summed E-state index contributed by atoms with van der Waals surface area (Å²) in [5, 5.41) is 10.9. The summed E-state index contributed by atoms with van der Waals surface area (Å²) in [6, 6.07) is 5.80. The van der Waals surface area contributed by atoms with Crippen molar-refractivity contribution >= 4 is 39.8 Å². The van der Waals surface area contributed by atoms with Gasteiger partial charge in [-0.25, -0.2) is 0 Å². The molecule has 6 nitrogen and oxygen atoms in total. The molecule has 0 aliphatic rings. The van der Waals surface area contributed by atoms with E-state index >= 15 is 0 Å². The highest BCUT2D eigenvalue weighted by Gasteiger charge is 2.08. The number of benzene rings is 1. The Kier molecular flexibility index (Phi) is 3.76. The summed E-state index contributed by atoms with van der Waals surface area (Å²) in [7, 11) is 1.71. The number of nitrogens with two attached hydrogens (primary N) is 2. The Bertz CT molecular complexity index is 670. The Hall–Kier alpha value is -2.41. The average molecular weight is 274 g/mol. The summed E-state index contributed by atoms with van der Waals surface area (Å²) < 4.78 is 0. The van der Waals surface area contributed by atoms with Crippen molar-refractivity contribution < 1.29 is 0 Å². The van der Waals surface area contributed by atoms with Gasteiger partial charge in [-0.1, -0.05) is 6.07 Å². The van der Waals surface area contributed by atoms with Gasteiger partial charge in [-0.15, -0.1) is 0 Å². The molecule has 1 aromatic heterocycles. The monoisotopic (exact) mass is 274 g/mol. The van der Waals surface area contributed by atoms with Gasteiger partial charge in [0.15, 0.2) is 10.9 Å². The lowest BCUT2D eigenvalue weighted by molar-refractivity contribution is 1.12. The predicted molar refractivity (Wildman–Crippen MR) is 82.3 cm³/mol. The van der Waals surface area contributed by atoms with Crippen LogP contribution in [0.15, 0.2) is 35.5 Å². The molecule has 0 aliphatic heterocycles. The van der Waals surface area contributed by atoms with Crippen molar-refractivity contribution in [2.75, 3.05) is 12.4 Å². The topological polar surface area (TPSA) is 105 Å². The second-order valence-electron chi connectivity index (χ2n) is 3.79. The third kappa shape index (κ3) is 2.71.